The van der Waals surface area contributed by atoms with Crippen LogP contribution >= 0.6 is 11.6 Å². The van der Waals surface area contributed by atoms with E-state index in [0.29, 0.717) is 6.61 Å². The summed E-state index contributed by atoms with van der Waals surface area (Å²) >= 11 is 5.59. The Hall–Kier alpha value is 0.210. The fraction of sp³-hybridized carbons (Fsp3) is 1.00. The fourth-order valence-corrected chi connectivity index (χ4v) is 0.956. The van der Waals surface area contributed by atoms with Crippen LogP contribution < -0.4 is 0 Å². The van der Waals surface area contributed by atoms with E-state index in [4.69, 9.17) is 21.4 Å². The number of rotatable bonds is 0. The van der Waals surface area contributed by atoms with Crippen LogP contribution in [0.1, 0.15) is 12.8 Å². The number of halogens is 1. The summed E-state index contributed by atoms with van der Waals surface area (Å²) < 4.78 is 4.81. The zero-order chi connectivity index (χ0) is 5.98. The van der Waals surface area contributed by atoms with Crippen LogP contribution in [0.25, 0.3) is 0 Å². The standard InChI is InChI=1S/C5H9ClO2/c6-4-2-1-3-8-5(4)7/h4-5,7H,1-3H2. The van der Waals surface area contributed by atoms with Crippen LogP contribution in [0.4, 0.5) is 0 Å². The first-order valence-electron chi connectivity index (χ1n) is 2.74. The van der Waals surface area contributed by atoms with Crippen LogP contribution in [-0.4, -0.2) is 23.4 Å². The molecule has 1 fully saturated rings. The molecule has 3 heteroatoms. The summed E-state index contributed by atoms with van der Waals surface area (Å²) in [6, 6.07) is 0. The van der Waals surface area contributed by atoms with Crippen molar-refractivity contribution < 1.29 is 9.84 Å². The van der Waals surface area contributed by atoms with E-state index >= 15 is 0 Å². The molecule has 0 bridgehead atoms. The van der Waals surface area contributed by atoms with Gasteiger partial charge in [-0.25, -0.2) is 0 Å². The third-order valence-corrected chi connectivity index (χ3v) is 1.66. The third kappa shape index (κ3) is 1.34. The van der Waals surface area contributed by atoms with Crippen molar-refractivity contribution >= 4 is 11.6 Å². The van der Waals surface area contributed by atoms with E-state index in [-0.39, 0.29) is 5.38 Å². The molecule has 0 spiro atoms. The van der Waals surface area contributed by atoms with Crippen molar-refractivity contribution in [3.05, 3.63) is 0 Å². The van der Waals surface area contributed by atoms with Gasteiger partial charge in [0.05, 0.1) is 5.38 Å². The first kappa shape index (κ1) is 6.33. The summed E-state index contributed by atoms with van der Waals surface area (Å²) in [5, 5.41) is 8.63. The van der Waals surface area contributed by atoms with Gasteiger partial charge >= 0.3 is 0 Å². The first-order valence-corrected chi connectivity index (χ1v) is 3.18. The highest BCUT2D eigenvalue weighted by Gasteiger charge is 2.20. The van der Waals surface area contributed by atoms with Gasteiger partial charge in [0.15, 0.2) is 6.29 Å². The molecule has 0 amide bonds. The Bertz CT molecular complexity index is 66.8. The SMILES string of the molecule is OC1OCCCC1Cl. The van der Waals surface area contributed by atoms with Crippen LogP contribution in [0.15, 0.2) is 0 Å². The van der Waals surface area contributed by atoms with E-state index in [1.165, 1.54) is 0 Å². The van der Waals surface area contributed by atoms with Gasteiger partial charge < -0.3 is 9.84 Å². The highest BCUT2D eigenvalue weighted by molar-refractivity contribution is 6.20. The van der Waals surface area contributed by atoms with Gasteiger partial charge in [-0.2, -0.15) is 0 Å². The molecule has 48 valence electrons. The predicted octanol–water partition coefficient (Wildman–Crippen LogP) is 0.723. The average molecular weight is 137 g/mol. The Morgan fingerprint density at radius 2 is 2.38 bits per heavy atom. The maximum atomic E-state index is 8.82. The van der Waals surface area contributed by atoms with Crippen LogP contribution in [0, 0.1) is 0 Å². The Kier molecular flexibility index (Phi) is 2.11. The maximum Gasteiger partial charge on any atom is 0.170 e. The third-order valence-electron chi connectivity index (χ3n) is 1.22. The number of alkyl halides is 1. The molecule has 2 unspecified atom stereocenters. The van der Waals surface area contributed by atoms with Gasteiger partial charge in [0.1, 0.15) is 0 Å². The maximum absolute atomic E-state index is 8.82. The number of hydrogen-bond acceptors (Lipinski definition) is 2. The first-order chi connectivity index (χ1) is 3.80. The average Bonchev–Trinajstić information content (AvgIpc) is 1.77. The van der Waals surface area contributed by atoms with Gasteiger partial charge in [0, 0.05) is 6.61 Å². The summed E-state index contributed by atoms with van der Waals surface area (Å²) in [5.41, 5.74) is 0. The van der Waals surface area contributed by atoms with Crippen LogP contribution in [0.5, 0.6) is 0 Å². The van der Waals surface area contributed by atoms with Crippen molar-refractivity contribution in [2.75, 3.05) is 6.61 Å². The monoisotopic (exact) mass is 136 g/mol. The highest BCUT2D eigenvalue weighted by Crippen LogP contribution is 2.16. The largest absolute Gasteiger partial charge is 0.367 e. The molecule has 0 aromatic carbocycles. The van der Waals surface area contributed by atoms with Crippen LogP contribution in [0.3, 0.4) is 0 Å². The molecule has 1 aliphatic rings. The van der Waals surface area contributed by atoms with Gasteiger partial charge in [0.2, 0.25) is 0 Å². The fourth-order valence-electron chi connectivity index (χ4n) is 0.729. The summed E-state index contributed by atoms with van der Waals surface area (Å²) in [4.78, 5) is 0. The van der Waals surface area contributed by atoms with E-state index in [2.05, 4.69) is 0 Å². The molecular weight excluding hydrogens is 128 g/mol. The lowest BCUT2D eigenvalue weighted by atomic mass is 10.2. The van der Waals surface area contributed by atoms with E-state index in [0.717, 1.165) is 12.8 Å². The second kappa shape index (κ2) is 2.67. The Morgan fingerprint density at radius 3 is 2.75 bits per heavy atom. The lowest BCUT2D eigenvalue weighted by Crippen LogP contribution is -2.29. The van der Waals surface area contributed by atoms with Crippen LogP contribution in [0.2, 0.25) is 0 Å². The van der Waals surface area contributed by atoms with Gasteiger partial charge in [-0.1, -0.05) is 0 Å². The zero-order valence-electron chi connectivity index (χ0n) is 4.51. The van der Waals surface area contributed by atoms with E-state index in [1.807, 2.05) is 0 Å². The number of hydrogen-bond donors (Lipinski definition) is 1. The normalized spacial score (nSPS) is 39.8. The molecule has 2 nitrogen and oxygen atoms in total. The summed E-state index contributed by atoms with van der Waals surface area (Å²) in [7, 11) is 0. The Morgan fingerprint density at radius 1 is 1.62 bits per heavy atom. The minimum absolute atomic E-state index is 0.191. The molecule has 1 heterocycles. The molecule has 0 aromatic rings. The van der Waals surface area contributed by atoms with Crippen molar-refractivity contribution in [1.29, 1.82) is 0 Å². The van der Waals surface area contributed by atoms with Gasteiger partial charge in [-0.15, -0.1) is 11.6 Å². The molecule has 2 atom stereocenters. The van der Waals surface area contributed by atoms with Crippen molar-refractivity contribution in [1.82, 2.24) is 0 Å². The van der Waals surface area contributed by atoms with Crippen LogP contribution in [-0.2, 0) is 4.74 Å². The second-order valence-corrected chi connectivity index (χ2v) is 2.48. The molecule has 0 radical (unpaired) electrons. The molecule has 0 aromatic heterocycles. The highest BCUT2D eigenvalue weighted by atomic mass is 35.5. The molecular formula is C5H9ClO2. The van der Waals surface area contributed by atoms with Crippen molar-refractivity contribution in [2.24, 2.45) is 0 Å². The predicted molar refractivity (Wildman–Crippen MR) is 30.8 cm³/mol. The quantitative estimate of drug-likeness (QED) is 0.498. The smallest absolute Gasteiger partial charge is 0.170 e. The molecule has 1 rings (SSSR count). The minimum atomic E-state index is -0.731. The Labute approximate surface area is 53.4 Å². The summed E-state index contributed by atoms with van der Waals surface area (Å²) in [6.07, 6.45) is 1.10. The molecule has 8 heavy (non-hydrogen) atoms. The molecule has 0 saturated carbocycles. The van der Waals surface area contributed by atoms with Crippen molar-refractivity contribution in [2.45, 2.75) is 24.5 Å². The number of aliphatic hydroxyl groups is 1. The minimum Gasteiger partial charge on any atom is -0.367 e. The van der Waals surface area contributed by atoms with E-state index < -0.39 is 6.29 Å². The summed E-state index contributed by atoms with van der Waals surface area (Å²) in [6.45, 7) is 0.643. The molecule has 1 N–H and O–H groups in total. The lowest BCUT2D eigenvalue weighted by molar-refractivity contribution is -0.120. The second-order valence-electron chi connectivity index (χ2n) is 1.92. The Balaban J connectivity index is 2.28. The van der Waals surface area contributed by atoms with Gasteiger partial charge in [0.25, 0.3) is 0 Å². The molecule has 0 aliphatic carbocycles. The number of ether oxygens (including phenoxy) is 1. The summed E-state index contributed by atoms with van der Waals surface area (Å²) in [5.74, 6) is 0. The topological polar surface area (TPSA) is 29.5 Å². The number of aliphatic hydroxyl groups excluding tert-OH is 1. The molecule has 1 saturated heterocycles. The van der Waals surface area contributed by atoms with Crippen molar-refractivity contribution in [3.63, 3.8) is 0 Å². The van der Waals surface area contributed by atoms with E-state index in [9.17, 15) is 0 Å². The zero-order valence-corrected chi connectivity index (χ0v) is 5.27. The van der Waals surface area contributed by atoms with Gasteiger partial charge in [-0.3, -0.25) is 0 Å². The lowest BCUT2D eigenvalue weighted by Gasteiger charge is -2.22. The molecule has 1 aliphatic heterocycles. The van der Waals surface area contributed by atoms with Gasteiger partial charge in [-0.05, 0) is 12.8 Å². The van der Waals surface area contributed by atoms with Crippen molar-refractivity contribution in [3.8, 4) is 0 Å². The van der Waals surface area contributed by atoms with E-state index in [1.54, 1.807) is 0 Å².